The molecule has 0 atom stereocenters. The van der Waals surface area contributed by atoms with Gasteiger partial charge in [0.05, 0.1) is 17.5 Å². The molecule has 25 heavy (non-hydrogen) atoms. The third kappa shape index (κ3) is 2.51. The second kappa shape index (κ2) is 5.79. The van der Waals surface area contributed by atoms with Crippen LogP contribution in [0.4, 0.5) is 10.3 Å². The van der Waals surface area contributed by atoms with Crippen LogP contribution in [0.25, 0.3) is 22.3 Å². The molecule has 4 aromatic rings. The summed E-state index contributed by atoms with van der Waals surface area (Å²) in [7, 11) is 0. The molecule has 1 aromatic carbocycles. The van der Waals surface area contributed by atoms with Crippen LogP contribution in [0.1, 0.15) is 15.9 Å². The van der Waals surface area contributed by atoms with E-state index in [9.17, 15) is 9.18 Å². The third-order valence-electron chi connectivity index (χ3n) is 3.87. The first kappa shape index (κ1) is 14.9. The highest BCUT2D eigenvalue weighted by molar-refractivity contribution is 6.18. The van der Waals surface area contributed by atoms with Gasteiger partial charge in [-0.1, -0.05) is 30.3 Å². The summed E-state index contributed by atoms with van der Waals surface area (Å²) in [5, 5.41) is 0.368. The summed E-state index contributed by atoms with van der Waals surface area (Å²) in [5.41, 5.74) is 7.39. The molecule has 3 aromatic heterocycles. The summed E-state index contributed by atoms with van der Waals surface area (Å²) < 4.78 is 14.6. The number of halogens is 1. The lowest BCUT2D eigenvalue weighted by atomic mass is 9.98. The lowest BCUT2D eigenvalue weighted by Gasteiger charge is -2.07. The second-order valence-corrected chi connectivity index (χ2v) is 5.40. The van der Waals surface area contributed by atoms with E-state index in [-0.39, 0.29) is 11.5 Å². The molecule has 0 spiro atoms. The van der Waals surface area contributed by atoms with Crippen LogP contribution < -0.4 is 5.73 Å². The van der Waals surface area contributed by atoms with E-state index >= 15 is 0 Å². The van der Waals surface area contributed by atoms with Crippen molar-refractivity contribution >= 4 is 22.8 Å². The van der Waals surface area contributed by atoms with E-state index in [4.69, 9.17) is 5.73 Å². The maximum Gasteiger partial charge on any atom is 0.220 e. The molecular formula is C18H12FN5O. The smallest absolute Gasteiger partial charge is 0.220 e. The lowest BCUT2D eigenvalue weighted by molar-refractivity contribution is 0.103. The Bertz CT molecular complexity index is 1090. The van der Waals surface area contributed by atoms with Gasteiger partial charge in [0, 0.05) is 28.9 Å². The van der Waals surface area contributed by atoms with Crippen LogP contribution >= 0.6 is 0 Å². The van der Waals surface area contributed by atoms with Crippen LogP contribution in [-0.4, -0.2) is 25.7 Å². The Morgan fingerprint density at radius 2 is 1.92 bits per heavy atom. The molecule has 0 radical (unpaired) electrons. The molecule has 0 aliphatic heterocycles. The number of carbonyl (C=O) groups excluding carboxylic acids is 1. The molecule has 6 nitrogen and oxygen atoms in total. The minimum atomic E-state index is -0.691. The Morgan fingerprint density at radius 1 is 1.12 bits per heavy atom. The van der Waals surface area contributed by atoms with Gasteiger partial charge in [0.2, 0.25) is 5.95 Å². The zero-order valence-corrected chi connectivity index (χ0v) is 12.9. The van der Waals surface area contributed by atoms with Gasteiger partial charge in [-0.3, -0.25) is 4.79 Å². The molecule has 0 amide bonds. The number of aromatic nitrogens is 4. The number of aromatic amines is 1. The van der Waals surface area contributed by atoms with Crippen LogP contribution in [0, 0.1) is 5.82 Å². The van der Waals surface area contributed by atoms with E-state index < -0.39 is 11.6 Å². The van der Waals surface area contributed by atoms with Gasteiger partial charge in [0.1, 0.15) is 5.65 Å². The summed E-state index contributed by atoms with van der Waals surface area (Å²) in [5.74, 6) is -1.02. The average molecular weight is 333 g/mol. The van der Waals surface area contributed by atoms with Gasteiger partial charge in [0.15, 0.2) is 11.6 Å². The number of fused-ring (bicyclic) bond motifs is 1. The number of benzene rings is 1. The van der Waals surface area contributed by atoms with Gasteiger partial charge < -0.3 is 10.7 Å². The van der Waals surface area contributed by atoms with E-state index in [2.05, 4.69) is 19.9 Å². The number of carbonyl (C=O) groups is 1. The molecule has 0 saturated heterocycles. The van der Waals surface area contributed by atoms with Crippen molar-refractivity contribution in [1.29, 1.82) is 0 Å². The fourth-order valence-electron chi connectivity index (χ4n) is 2.75. The zero-order valence-electron chi connectivity index (χ0n) is 12.9. The number of anilines is 1. The molecular weight excluding hydrogens is 321 g/mol. The first-order chi connectivity index (χ1) is 12.1. The quantitative estimate of drug-likeness (QED) is 0.562. The molecule has 0 aliphatic carbocycles. The monoisotopic (exact) mass is 333 g/mol. The zero-order chi connectivity index (χ0) is 17.4. The third-order valence-corrected chi connectivity index (χ3v) is 3.87. The highest BCUT2D eigenvalue weighted by Crippen LogP contribution is 2.31. The van der Waals surface area contributed by atoms with Gasteiger partial charge in [-0.15, -0.1) is 0 Å². The maximum atomic E-state index is 14.6. The molecule has 4 rings (SSSR count). The summed E-state index contributed by atoms with van der Waals surface area (Å²) in [6.07, 6.45) is 4.16. The number of hydrogen-bond acceptors (Lipinski definition) is 5. The lowest BCUT2D eigenvalue weighted by Crippen LogP contribution is -2.06. The molecule has 0 bridgehead atoms. The van der Waals surface area contributed by atoms with E-state index in [0.29, 0.717) is 27.9 Å². The number of nitrogens with zero attached hydrogens (tertiary/aromatic N) is 3. The van der Waals surface area contributed by atoms with Gasteiger partial charge in [-0.2, -0.15) is 0 Å². The van der Waals surface area contributed by atoms with Crippen molar-refractivity contribution < 1.29 is 9.18 Å². The van der Waals surface area contributed by atoms with Crippen LogP contribution in [0.3, 0.4) is 0 Å². The number of nitrogen functional groups attached to an aromatic ring is 1. The highest BCUT2D eigenvalue weighted by Gasteiger charge is 2.22. The summed E-state index contributed by atoms with van der Waals surface area (Å²) >= 11 is 0. The van der Waals surface area contributed by atoms with Crippen LogP contribution in [0.15, 0.2) is 55.0 Å². The van der Waals surface area contributed by atoms with Gasteiger partial charge in [0.25, 0.3) is 0 Å². The Hall–Kier alpha value is -3.61. The molecule has 3 heterocycles. The molecule has 122 valence electrons. The standard InChI is InChI=1S/C18H12FN5O/c19-12-9-23-17-14(15(12)16(25)10-4-2-1-3-5-10)11(8-22-17)13-6-7-21-18(20)24-13/h1-9H,(H,22,23)(H2,20,21,24). The van der Waals surface area contributed by atoms with Crippen molar-refractivity contribution in [1.82, 2.24) is 19.9 Å². The van der Waals surface area contributed by atoms with Crippen molar-refractivity contribution in [2.45, 2.75) is 0 Å². The van der Waals surface area contributed by atoms with Crippen molar-refractivity contribution in [3.05, 3.63) is 71.9 Å². The first-order valence-electron chi connectivity index (χ1n) is 7.49. The number of rotatable bonds is 3. The Kier molecular flexibility index (Phi) is 3.46. The summed E-state index contributed by atoms with van der Waals surface area (Å²) in [6, 6.07) is 10.2. The Labute approximate surface area is 141 Å². The van der Waals surface area contributed by atoms with Crippen molar-refractivity contribution in [2.75, 3.05) is 5.73 Å². The Balaban J connectivity index is 2.00. The number of hydrogen-bond donors (Lipinski definition) is 2. The molecule has 0 aliphatic rings. The highest BCUT2D eigenvalue weighted by atomic mass is 19.1. The number of ketones is 1. The molecule has 7 heteroatoms. The predicted molar refractivity (Wildman–Crippen MR) is 91.4 cm³/mol. The van der Waals surface area contributed by atoms with Crippen molar-refractivity contribution in [3.8, 4) is 11.3 Å². The average Bonchev–Trinajstić information content (AvgIpc) is 3.06. The molecule has 0 saturated carbocycles. The summed E-state index contributed by atoms with van der Waals surface area (Å²) in [4.78, 5) is 27.9. The van der Waals surface area contributed by atoms with Crippen LogP contribution in [0.2, 0.25) is 0 Å². The van der Waals surface area contributed by atoms with Gasteiger partial charge in [-0.25, -0.2) is 19.3 Å². The van der Waals surface area contributed by atoms with E-state index in [1.165, 1.54) is 6.20 Å². The van der Waals surface area contributed by atoms with Gasteiger partial charge in [-0.05, 0) is 6.07 Å². The van der Waals surface area contributed by atoms with Gasteiger partial charge >= 0.3 is 0 Å². The van der Waals surface area contributed by atoms with Crippen LogP contribution in [0.5, 0.6) is 0 Å². The molecule has 0 unspecified atom stereocenters. The number of nitrogens with two attached hydrogens (primary N) is 1. The van der Waals surface area contributed by atoms with E-state index in [1.807, 2.05) is 0 Å². The predicted octanol–water partition coefficient (Wildman–Crippen LogP) is 2.97. The Morgan fingerprint density at radius 3 is 2.68 bits per heavy atom. The summed E-state index contributed by atoms with van der Waals surface area (Å²) in [6.45, 7) is 0. The number of H-pyrrole nitrogens is 1. The topological polar surface area (TPSA) is 97.5 Å². The minimum absolute atomic E-state index is 0.0513. The SMILES string of the molecule is Nc1nccc(-c2c[nH]c3ncc(F)c(C(=O)c4ccccc4)c23)n1. The van der Waals surface area contributed by atoms with E-state index in [1.54, 1.807) is 42.6 Å². The fraction of sp³-hybridized carbons (Fsp3) is 0. The fourth-order valence-corrected chi connectivity index (χ4v) is 2.75. The number of nitrogens with one attached hydrogen (secondary N) is 1. The number of pyridine rings is 1. The largest absolute Gasteiger partial charge is 0.368 e. The van der Waals surface area contributed by atoms with Crippen molar-refractivity contribution in [2.24, 2.45) is 0 Å². The normalized spacial score (nSPS) is 10.9. The molecule has 0 fully saturated rings. The van der Waals surface area contributed by atoms with E-state index in [0.717, 1.165) is 6.20 Å². The molecule has 3 N–H and O–H groups in total. The minimum Gasteiger partial charge on any atom is -0.368 e. The first-order valence-corrected chi connectivity index (χ1v) is 7.49. The second-order valence-electron chi connectivity index (χ2n) is 5.40. The van der Waals surface area contributed by atoms with Crippen LogP contribution in [-0.2, 0) is 0 Å². The maximum absolute atomic E-state index is 14.6. The van der Waals surface area contributed by atoms with Crippen molar-refractivity contribution in [3.63, 3.8) is 0 Å².